The fourth-order valence-electron chi connectivity index (χ4n) is 3.32. The number of nitrogens with zero attached hydrogens (tertiary/aromatic N) is 1. The topological polar surface area (TPSA) is 26.2 Å². The molecule has 3 heteroatoms. The van der Waals surface area contributed by atoms with Crippen molar-refractivity contribution in [2.75, 3.05) is 13.7 Å². The van der Waals surface area contributed by atoms with E-state index in [0.29, 0.717) is 5.92 Å². The van der Waals surface area contributed by atoms with Crippen molar-refractivity contribution in [3.8, 4) is 5.75 Å². The lowest BCUT2D eigenvalue weighted by Gasteiger charge is -2.22. The van der Waals surface area contributed by atoms with Crippen molar-refractivity contribution in [1.29, 1.82) is 0 Å². The van der Waals surface area contributed by atoms with Gasteiger partial charge in [0, 0.05) is 37.1 Å². The molecule has 18 heavy (non-hydrogen) atoms. The highest BCUT2D eigenvalue weighted by atomic mass is 16.5. The Kier molecular flexibility index (Phi) is 2.59. The van der Waals surface area contributed by atoms with Crippen molar-refractivity contribution in [3.05, 3.63) is 29.0 Å². The van der Waals surface area contributed by atoms with Gasteiger partial charge in [0.15, 0.2) is 0 Å². The van der Waals surface area contributed by atoms with Gasteiger partial charge in [-0.15, -0.1) is 0 Å². The van der Waals surface area contributed by atoms with Gasteiger partial charge in [0.2, 0.25) is 0 Å². The molecule has 2 heterocycles. The Morgan fingerprint density at radius 1 is 1.39 bits per heavy atom. The van der Waals surface area contributed by atoms with Crippen molar-refractivity contribution in [2.24, 2.45) is 7.05 Å². The summed E-state index contributed by atoms with van der Waals surface area (Å²) >= 11 is 0. The van der Waals surface area contributed by atoms with Crippen LogP contribution in [0.1, 0.15) is 29.7 Å². The van der Waals surface area contributed by atoms with Crippen LogP contribution in [0, 0.1) is 6.92 Å². The Labute approximate surface area is 108 Å². The van der Waals surface area contributed by atoms with Crippen LogP contribution in [0.4, 0.5) is 0 Å². The first-order chi connectivity index (χ1) is 8.65. The standard InChI is InChI=1S/C15H20N2O/c1-9-5-6-12(18-4)15-13(9)11-8-16-7-10(2)14(11)17(15)3/h5-6,10,16H,7-8H2,1-4H3. The van der Waals surface area contributed by atoms with E-state index < -0.39 is 0 Å². The molecule has 0 fully saturated rings. The summed E-state index contributed by atoms with van der Waals surface area (Å²) in [6, 6.07) is 4.22. The van der Waals surface area contributed by atoms with Gasteiger partial charge in [-0.05, 0) is 24.1 Å². The zero-order valence-corrected chi connectivity index (χ0v) is 11.5. The average Bonchev–Trinajstić information content (AvgIpc) is 2.67. The van der Waals surface area contributed by atoms with E-state index in [0.717, 1.165) is 18.8 Å². The monoisotopic (exact) mass is 244 g/mol. The molecule has 2 aromatic rings. The van der Waals surface area contributed by atoms with E-state index in [1.165, 1.54) is 27.7 Å². The van der Waals surface area contributed by atoms with E-state index in [9.17, 15) is 0 Å². The quantitative estimate of drug-likeness (QED) is 0.834. The molecule has 0 saturated heterocycles. The molecule has 1 unspecified atom stereocenters. The van der Waals surface area contributed by atoms with E-state index in [-0.39, 0.29) is 0 Å². The summed E-state index contributed by atoms with van der Waals surface area (Å²) in [4.78, 5) is 0. The number of benzene rings is 1. The fourth-order valence-corrected chi connectivity index (χ4v) is 3.32. The molecule has 1 aliphatic rings. The molecule has 1 N–H and O–H groups in total. The minimum absolute atomic E-state index is 0.551. The lowest BCUT2D eigenvalue weighted by atomic mass is 9.96. The molecule has 1 aromatic carbocycles. The van der Waals surface area contributed by atoms with Gasteiger partial charge < -0.3 is 14.6 Å². The molecule has 0 radical (unpaired) electrons. The zero-order valence-electron chi connectivity index (χ0n) is 11.5. The van der Waals surface area contributed by atoms with Gasteiger partial charge in [-0.25, -0.2) is 0 Å². The molecule has 0 spiro atoms. The number of ether oxygens (including phenoxy) is 1. The molecular weight excluding hydrogens is 224 g/mol. The maximum Gasteiger partial charge on any atom is 0.143 e. The van der Waals surface area contributed by atoms with Crippen LogP contribution in [-0.2, 0) is 13.6 Å². The van der Waals surface area contributed by atoms with E-state index in [4.69, 9.17) is 4.74 Å². The highest BCUT2D eigenvalue weighted by Crippen LogP contribution is 2.38. The lowest BCUT2D eigenvalue weighted by molar-refractivity contribution is 0.417. The van der Waals surface area contributed by atoms with E-state index in [1.54, 1.807) is 7.11 Å². The van der Waals surface area contributed by atoms with Crippen molar-refractivity contribution in [3.63, 3.8) is 0 Å². The van der Waals surface area contributed by atoms with E-state index in [2.05, 4.69) is 42.9 Å². The second-order valence-corrected chi connectivity index (χ2v) is 5.26. The maximum atomic E-state index is 5.54. The Balaban J connectivity index is 2.45. The van der Waals surface area contributed by atoms with Gasteiger partial charge in [0.05, 0.1) is 12.6 Å². The summed E-state index contributed by atoms with van der Waals surface area (Å²) in [5.41, 5.74) is 5.47. The summed E-state index contributed by atoms with van der Waals surface area (Å²) in [6.07, 6.45) is 0. The Bertz CT molecular complexity index is 613. The van der Waals surface area contributed by atoms with Crippen LogP contribution in [0.15, 0.2) is 12.1 Å². The predicted octanol–water partition coefficient (Wildman–Crippen LogP) is 2.70. The summed E-state index contributed by atoms with van der Waals surface area (Å²) in [7, 11) is 3.91. The first-order valence-electron chi connectivity index (χ1n) is 6.50. The third kappa shape index (κ3) is 1.40. The number of aromatic nitrogens is 1. The van der Waals surface area contributed by atoms with Crippen molar-refractivity contribution < 1.29 is 4.74 Å². The highest BCUT2D eigenvalue weighted by molar-refractivity contribution is 5.93. The highest BCUT2D eigenvalue weighted by Gasteiger charge is 2.25. The molecule has 1 atom stereocenters. The molecule has 3 rings (SSSR count). The second-order valence-electron chi connectivity index (χ2n) is 5.26. The third-order valence-electron chi connectivity index (χ3n) is 4.10. The molecule has 0 saturated carbocycles. The van der Waals surface area contributed by atoms with Gasteiger partial charge in [-0.1, -0.05) is 13.0 Å². The van der Waals surface area contributed by atoms with E-state index in [1.807, 2.05) is 0 Å². The van der Waals surface area contributed by atoms with Crippen LogP contribution in [0.3, 0.4) is 0 Å². The minimum Gasteiger partial charge on any atom is -0.495 e. The molecule has 1 aliphatic heterocycles. The molecule has 0 bridgehead atoms. The summed E-state index contributed by atoms with van der Waals surface area (Å²) in [5.74, 6) is 1.52. The zero-order chi connectivity index (χ0) is 12.9. The maximum absolute atomic E-state index is 5.54. The number of aryl methyl sites for hydroxylation is 2. The molecule has 96 valence electrons. The van der Waals surface area contributed by atoms with Crippen LogP contribution < -0.4 is 10.1 Å². The fraction of sp³-hybridized carbons (Fsp3) is 0.467. The molecule has 0 aliphatic carbocycles. The summed E-state index contributed by atoms with van der Waals surface area (Å²) < 4.78 is 7.86. The predicted molar refractivity (Wildman–Crippen MR) is 74.3 cm³/mol. The number of hydrogen-bond donors (Lipinski definition) is 1. The van der Waals surface area contributed by atoms with Gasteiger partial charge in [-0.2, -0.15) is 0 Å². The van der Waals surface area contributed by atoms with Gasteiger partial charge in [0.25, 0.3) is 0 Å². The number of methoxy groups -OCH3 is 1. The van der Waals surface area contributed by atoms with Gasteiger partial charge >= 0.3 is 0 Å². The summed E-state index contributed by atoms with van der Waals surface area (Å²) in [6.45, 7) is 6.48. The van der Waals surface area contributed by atoms with Crippen LogP contribution in [-0.4, -0.2) is 18.2 Å². The Morgan fingerprint density at radius 2 is 2.17 bits per heavy atom. The molecular formula is C15H20N2O. The lowest BCUT2D eigenvalue weighted by Crippen LogP contribution is -2.27. The number of nitrogens with one attached hydrogen (secondary N) is 1. The first kappa shape index (κ1) is 11.6. The second kappa shape index (κ2) is 4.02. The normalized spacial score (nSPS) is 19.0. The third-order valence-corrected chi connectivity index (χ3v) is 4.10. The Morgan fingerprint density at radius 3 is 2.89 bits per heavy atom. The molecule has 0 amide bonds. The van der Waals surface area contributed by atoms with Crippen LogP contribution in [0.5, 0.6) is 5.75 Å². The minimum atomic E-state index is 0.551. The number of fused-ring (bicyclic) bond motifs is 3. The smallest absolute Gasteiger partial charge is 0.143 e. The van der Waals surface area contributed by atoms with Crippen molar-refractivity contribution >= 4 is 10.9 Å². The number of rotatable bonds is 1. The van der Waals surface area contributed by atoms with Crippen LogP contribution in [0.25, 0.3) is 10.9 Å². The largest absolute Gasteiger partial charge is 0.495 e. The SMILES string of the molecule is COc1ccc(C)c2c3c(n(C)c12)C(C)CNC3. The number of hydrogen-bond acceptors (Lipinski definition) is 2. The van der Waals surface area contributed by atoms with Gasteiger partial charge in [0.1, 0.15) is 5.75 Å². The first-order valence-corrected chi connectivity index (χ1v) is 6.50. The average molecular weight is 244 g/mol. The molecule has 1 aromatic heterocycles. The van der Waals surface area contributed by atoms with E-state index >= 15 is 0 Å². The molecule has 3 nitrogen and oxygen atoms in total. The van der Waals surface area contributed by atoms with Crippen molar-refractivity contribution in [1.82, 2.24) is 9.88 Å². The van der Waals surface area contributed by atoms with Gasteiger partial charge in [-0.3, -0.25) is 0 Å². The van der Waals surface area contributed by atoms with Crippen LogP contribution in [0.2, 0.25) is 0 Å². The van der Waals surface area contributed by atoms with Crippen LogP contribution >= 0.6 is 0 Å². The Hall–Kier alpha value is -1.48. The summed E-state index contributed by atoms with van der Waals surface area (Å²) in [5, 5.41) is 4.87. The van der Waals surface area contributed by atoms with Crippen molar-refractivity contribution in [2.45, 2.75) is 26.3 Å².